The molecular formula is C23H21N3O. The van der Waals surface area contributed by atoms with Crippen LogP contribution < -0.4 is 0 Å². The minimum atomic E-state index is -0.687. The van der Waals surface area contributed by atoms with Gasteiger partial charge in [0.2, 0.25) is 0 Å². The molecule has 4 aromatic rings. The molecule has 2 aromatic heterocycles. The van der Waals surface area contributed by atoms with Gasteiger partial charge < -0.3 is 9.67 Å². The van der Waals surface area contributed by atoms with Crippen molar-refractivity contribution < 1.29 is 5.11 Å². The topological polar surface area (TPSA) is 50.9 Å². The van der Waals surface area contributed by atoms with E-state index in [1.165, 1.54) is 5.56 Å². The lowest BCUT2D eigenvalue weighted by molar-refractivity contribution is 0.131. The molecule has 2 aromatic carbocycles. The van der Waals surface area contributed by atoms with Crippen LogP contribution in [0.1, 0.15) is 28.8 Å². The van der Waals surface area contributed by atoms with Crippen LogP contribution in [0, 0.1) is 6.92 Å². The summed E-state index contributed by atoms with van der Waals surface area (Å²) in [6.45, 7) is 2.06. The van der Waals surface area contributed by atoms with Gasteiger partial charge in [-0.1, -0.05) is 54.1 Å². The normalized spacial score (nSPS) is 13.3. The summed E-state index contributed by atoms with van der Waals surface area (Å²) in [7, 11) is 0. The molecule has 4 rings (SSSR count). The van der Waals surface area contributed by atoms with Crippen molar-refractivity contribution >= 4 is 0 Å². The van der Waals surface area contributed by atoms with Crippen molar-refractivity contribution in [2.24, 2.45) is 0 Å². The maximum absolute atomic E-state index is 11.2. The molecule has 0 radical (unpaired) electrons. The van der Waals surface area contributed by atoms with Gasteiger partial charge in [0.25, 0.3) is 0 Å². The molecule has 0 amide bonds. The average Bonchev–Trinajstić information content (AvgIpc) is 3.25. The molecule has 0 saturated carbocycles. The van der Waals surface area contributed by atoms with Crippen LogP contribution in [0.3, 0.4) is 0 Å². The number of aliphatic hydroxyl groups is 1. The third-order valence-electron chi connectivity index (χ3n) is 4.83. The molecule has 0 aliphatic rings. The predicted molar refractivity (Wildman–Crippen MR) is 106 cm³/mol. The van der Waals surface area contributed by atoms with E-state index < -0.39 is 6.10 Å². The van der Waals surface area contributed by atoms with Crippen LogP contribution in [0.25, 0.3) is 11.1 Å². The van der Waals surface area contributed by atoms with Gasteiger partial charge in [-0.25, -0.2) is 4.98 Å². The molecular weight excluding hydrogens is 334 g/mol. The molecule has 0 aliphatic heterocycles. The van der Waals surface area contributed by atoms with Crippen molar-refractivity contribution in [3.8, 4) is 11.1 Å². The molecule has 0 bridgehead atoms. The number of aryl methyl sites for hydroxylation is 1. The summed E-state index contributed by atoms with van der Waals surface area (Å²) in [6, 6.07) is 20.0. The van der Waals surface area contributed by atoms with Gasteiger partial charge in [0.05, 0.1) is 12.4 Å². The highest BCUT2D eigenvalue weighted by atomic mass is 16.3. The van der Waals surface area contributed by atoms with Crippen molar-refractivity contribution in [2.45, 2.75) is 19.1 Å². The molecule has 4 heteroatoms. The van der Waals surface area contributed by atoms with Gasteiger partial charge in [0.1, 0.15) is 6.10 Å². The third-order valence-corrected chi connectivity index (χ3v) is 4.83. The smallest absolute Gasteiger partial charge is 0.104 e. The number of nitrogens with zero attached hydrogens (tertiary/aromatic N) is 3. The second kappa shape index (κ2) is 7.56. The highest BCUT2D eigenvalue weighted by Crippen LogP contribution is 2.33. The summed E-state index contributed by atoms with van der Waals surface area (Å²) in [5.41, 5.74) is 5.31. The van der Waals surface area contributed by atoms with Crippen LogP contribution in [-0.4, -0.2) is 19.6 Å². The Labute approximate surface area is 158 Å². The van der Waals surface area contributed by atoms with Crippen LogP contribution >= 0.6 is 0 Å². The molecule has 0 saturated heterocycles. The third kappa shape index (κ3) is 3.66. The van der Waals surface area contributed by atoms with Crippen molar-refractivity contribution in [2.75, 3.05) is 0 Å². The number of hydrogen-bond acceptors (Lipinski definition) is 3. The standard InChI is InChI=1S/C23H21N3O/c1-17-2-4-20(5-3-17)22(26-15-14-25-16-26)23(27)21-8-6-18(7-9-21)19-10-12-24-13-11-19/h2-16,22-23,27H,1H3. The molecule has 134 valence electrons. The van der Waals surface area contributed by atoms with Gasteiger partial charge in [-0.15, -0.1) is 0 Å². The highest BCUT2D eigenvalue weighted by Gasteiger charge is 2.24. The summed E-state index contributed by atoms with van der Waals surface area (Å²) >= 11 is 0. The van der Waals surface area contributed by atoms with Crippen LogP contribution in [0.5, 0.6) is 0 Å². The fourth-order valence-corrected chi connectivity index (χ4v) is 3.31. The summed E-state index contributed by atoms with van der Waals surface area (Å²) in [6.07, 6.45) is 8.25. The molecule has 2 unspecified atom stereocenters. The zero-order chi connectivity index (χ0) is 18.6. The fraction of sp³-hybridized carbons (Fsp3) is 0.130. The van der Waals surface area contributed by atoms with E-state index in [0.717, 1.165) is 22.3 Å². The Morgan fingerprint density at radius 1 is 0.741 bits per heavy atom. The summed E-state index contributed by atoms with van der Waals surface area (Å²) < 4.78 is 1.95. The first-order valence-electron chi connectivity index (χ1n) is 8.95. The van der Waals surface area contributed by atoms with Crippen molar-refractivity contribution in [1.82, 2.24) is 14.5 Å². The van der Waals surface area contributed by atoms with Crippen LogP contribution in [0.2, 0.25) is 0 Å². The first kappa shape index (κ1) is 17.2. The molecule has 2 heterocycles. The zero-order valence-corrected chi connectivity index (χ0v) is 15.1. The van der Waals surface area contributed by atoms with Gasteiger partial charge in [-0.05, 0) is 41.3 Å². The monoisotopic (exact) mass is 355 g/mol. The van der Waals surface area contributed by atoms with E-state index >= 15 is 0 Å². The molecule has 0 fully saturated rings. The summed E-state index contributed by atoms with van der Waals surface area (Å²) in [5, 5.41) is 11.2. The first-order chi connectivity index (χ1) is 13.2. The quantitative estimate of drug-likeness (QED) is 0.570. The molecule has 2 atom stereocenters. The van der Waals surface area contributed by atoms with Crippen molar-refractivity contribution in [3.63, 3.8) is 0 Å². The lowest BCUT2D eigenvalue weighted by Gasteiger charge is -2.25. The first-order valence-corrected chi connectivity index (χ1v) is 8.95. The molecule has 0 aliphatic carbocycles. The number of rotatable bonds is 5. The van der Waals surface area contributed by atoms with Crippen LogP contribution in [0.15, 0.2) is 91.8 Å². The fourth-order valence-electron chi connectivity index (χ4n) is 3.31. The lowest BCUT2D eigenvalue weighted by atomic mass is 9.93. The number of aromatic nitrogens is 3. The van der Waals surface area contributed by atoms with Crippen molar-refractivity contribution in [3.05, 3.63) is 108 Å². The zero-order valence-electron chi connectivity index (χ0n) is 15.1. The van der Waals surface area contributed by atoms with E-state index in [2.05, 4.69) is 41.2 Å². The number of imidazole rings is 1. The minimum absolute atomic E-state index is 0.236. The number of benzene rings is 2. The van der Waals surface area contributed by atoms with E-state index in [9.17, 15) is 5.11 Å². The SMILES string of the molecule is Cc1ccc(C(C(O)c2ccc(-c3ccncc3)cc2)n2ccnc2)cc1. The van der Waals surface area contributed by atoms with Gasteiger partial charge in [-0.3, -0.25) is 4.98 Å². The van der Waals surface area contributed by atoms with E-state index in [-0.39, 0.29) is 6.04 Å². The van der Waals surface area contributed by atoms with Gasteiger partial charge in [-0.2, -0.15) is 0 Å². The Morgan fingerprint density at radius 3 is 2.00 bits per heavy atom. The molecule has 4 nitrogen and oxygen atoms in total. The molecule has 27 heavy (non-hydrogen) atoms. The summed E-state index contributed by atoms with van der Waals surface area (Å²) in [5.74, 6) is 0. The molecule has 1 N–H and O–H groups in total. The Hall–Kier alpha value is -3.24. The Morgan fingerprint density at radius 2 is 1.37 bits per heavy atom. The second-order valence-corrected chi connectivity index (χ2v) is 6.67. The van der Waals surface area contributed by atoms with Crippen molar-refractivity contribution in [1.29, 1.82) is 0 Å². The van der Waals surface area contributed by atoms with E-state index in [4.69, 9.17) is 0 Å². The predicted octanol–water partition coefficient (Wildman–Crippen LogP) is 4.58. The Kier molecular flexibility index (Phi) is 4.81. The van der Waals surface area contributed by atoms with Crippen LogP contribution in [0.4, 0.5) is 0 Å². The maximum Gasteiger partial charge on any atom is 0.104 e. The van der Waals surface area contributed by atoms with E-state index in [1.807, 2.05) is 47.2 Å². The lowest BCUT2D eigenvalue weighted by Crippen LogP contribution is -2.18. The van der Waals surface area contributed by atoms with E-state index in [0.29, 0.717) is 0 Å². The minimum Gasteiger partial charge on any atom is -0.386 e. The second-order valence-electron chi connectivity index (χ2n) is 6.67. The van der Waals surface area contributed by atoms with Gasteiger partial charge >= 0.3 is 0 Å². The summed E-state index contributed by atoms with van der Waals surface area (Å²) in [4.78, 5) is 8.22. The Balaban J connectivity index is 1.67. The maximum atomic E-state index is 11.2. The van der Waals surface area contributed by atoms with Crippen LogP contribution in [-0.2, 0) is 0 Å². The average molecular weight is 355 g/mol. The molecule has 0 spiro atoms. The number of hydrogen-bond donors (Lipinski definition) is 1. The number of pyridine rings is 1. The number of aliphatic hydroxyl groups excluding tert-OH is 1. The highest BCUT2D eigenvalue weighted by molar-refractivity contribution is 5.63. The van der Waals surface area contributed by atoms with E-state index in [1.54, 1.807) is 24.9 Å². The Bertz CT molecular complexity index is 978. The van der Waals surface area contributed by atoms with Gasteiger partial charge in [0, 0.05) is 24.8 Å². The van der Waals surface area contributed by atoms with Gasteiger partial charge in [0.15, 0.2) is 0 Å². The largest absolute Gasteiger partial charge is 0.386 e.